The minimum absolute atomic E-state index is 0.103. The molecule has 1 heteroatoms. The second-order valence-corrected chi connectivity index (χ2v) is 5.75. The number of benzene rings is 1. The number of aliphatic hydroxyl groups excluding tert-OH is 1. The van der Waals surface area contributed by atoms with E-state index in [2.05, 4.69) is 37.3 Å². The molecule has 1 saturated carbocycles. The lowest BCUT2D eigenvalue weighted by molar-refractivity contribution is 0.0336. The largest absolute Gasteiger partial charge is 0.393 e. The molecule has 1 aliphatic rings. The van der Waals surface area contributed by atoms with Gasteiger partial charge in [0.1, 0.15) is 0 Å². The zero-order valence-corrected chi connectivity index (χ0v) is 10.9. The highest BCUT2D eigenvalue weighted by atomic mass is 16.3. The van der Waals surface area contributed by atoms with Crippen molar-refractivity contribution in [3.8, 4) is 0 Å². The van der Waals surface area contributed by atoms with Gasteiger partial charge in [0.05, 0.1) is 6.10 Å². The van der Waals surface area contributed by atoms with Gasteiger partial charge in [-0.15, -0.1) is 0 Å². The Kier molecular flexibility index (Phi) is 4.22. The van der Waals surface area contributed by atoms with E-state index in [0.29, 0.717) is 0 Å². The second kappa shape index (κ2) is 5.68. The summed E-state index contributed by atoms with van der Waals surface area (Å²) in [4.78, 5) is 0. The van der Waals surface area contributed by atoms with Crippen molar-refractivity contribution in [1.82, 2.24) is 0 Å². The van der Waals surface area contributed by atoms with Gasteiger partial charge >= 0.3 is 0 Å². The van der Waals surface area contributed by atoms with E-state index in [1.165, 1.54) is 31.2 Å². The summed E-state index contributed by atoms with van der Waals surface area (Å²) in [5, 5.41) is 10.3. The zero-order chi connectivity index (χ0) is 12.1. The highest BCUT2D eigenvalue weighted by Crippen LogP contribution is 2.41. The first-order valence-electron chi connectivity index (χ1n) is 6.93. The highest BCUT2D eigenvalue weighted by Gasteiger charge is 2.35. The molecule has 1 nitrogen and oxygen atoms in total. The Morgan fingerprint density at radius 1 is 1.18 bits per heavy atom. The Bertz CT molecular complexity index is 325. The van der Waals surface area contributed by atoms with E-state index in [1.807, 2.05) is 0 Å². The van der Waals surface area contributed by atoms with Crippen LogP contribution in [-0.2, 0) is 6.42 Å². The lowest BCUT2D eigenvalue weighted by Gasteiger charge is -2.30. The molecule has 2 rings (SSSR count). The maximum absolute atomic E-state index is 10.3. The predicted molar refractivity (Wildman–Crippen MR) is 72.0 cm³/mol. The summed E-state index contributed by atoms with van der Waals surface area (Å²) in [6, 6.07) is 10.6. The number of hydrogen-bond donors (Lipinski definition) is 1. The number of aliphatic hydroxyl groups is 1. The summed E-state index contributed by atoms with van der Waals surface area (Å²) >= 11 is 0. The Labute approximate surface area is 105 Å². The van der Waals surface area contributed by atoms with Crippen molar-refractivity contribution in [3.63, 3.8) is 0 Å². The van der Waals surface area contributed by atoms with E-state index >= 15 is 0 Å². The van der Waals surface area contributed by atoms with Crippen molar-refractivity contribution < 1.29 is 5.11 Å². The van der Waals surface area contributed by atoms with Crippen LogP contribution in [0.3, 0.4) is 0 Å². The van der Waals surface area contributed by atoms with Gasteiger partial charge in [-0.2, -0.15) is 0 Å². The van der Waals surface area contributed by atoms with E-state index in [1.54, 1.807) is 0 Å². The third-order valence-corrected chi connectivity index (χ3v) is 4.34. The number of aryl methyl sites for hydroxylation is 1. The van der Waals surface area contributed by atoms with E-state index in [4.69, 9.17) is 0 Å². The molecule has 0 aromatic heterocycles. The van der Waals surface area contributed by atoms with Gasteiger partial charge in [0.15, 0.2) is 0 Å². The first kappa shape index (κ1) is 12.6. The molecule has 1 unspecified atom stereocenters. The summed E-state index contributed by atoms with van der Waals surface area (Å²) < 4.78 is 0. The van der Waals surface area contributed by atoms with Crippen molar-refractivity contribution in [1.29, 1.82) is 0 Å². The van der Waals surface area contributed by atoms with Crippen LogP contribution in [0.15, 0.2) is 30.3 Å². The van der Waals surface area contributed by atoms with Gasteiger partial charge in [0.25, 0.3) is 0 Å². The third-order valence-electron chi connectivity index (χ3n) is 4.34. The minimum atomic E-state index is -0.103. The van der Waals surface area contributed by atoms with Crippen molar-refractivity contribution in [2.24, 2.45) is 5.41 Å². The predicted octanol–water partition coefficient (Wildman–Crippen LogP) is 3.95. The van der Waals surface area contributed by atoms with E-state index in [0.717, 1.165) is 19.3 Å². The van der Waals surface area contributed by atoms with Crippen LogP contribution in [0, 0.1) is 5.41 Å². The Balaban J connectivity index is 1.75. The lowest BCUT2D eigenvalue weighted by atomic mass is 9.80. The fourth-order valence-corrected chi connectivity index (χ4v) is 3.01. The van der Waals surface area contributed by atoms with Crippen molar-refractivity contribution in [2.45, 2.75) is 58.0 Å². The molecule has 0 amide bonds. The van der Waals surface area contributed by atoms with E-state index in [-0.39, 0.29) is 11.5 Å². The molecular formula is C16H24O. The van der Waals surface area contributed by atoms with Crippen LogP contribution in [0.5, 0.6) is 0 Å². The standard InChI is InChI=1S/C16H24O/c1-16(12-5-6-13-16)15(17)11-7-10-14-8-3-2-4-9-14/h2-4,8-9,15,17H,5-7,10-13H2,1H3. The molecule has 1 aromatic carbocycles. The normalized spacial score (nSPS) is 20.4. The van der Waals surface area contributed by atoms with Crippen LogP contribution in [0.4, 0.5) is 0 Å². The van der Waals surface area contributed by atoms with Crippen LogP contribution < -0.4 is 0 Å². The van der Waals surface area contributed by atoms with Gasteiger partial charge in [-0.3, -0.25) is 0 Å². The van der Waals surface area contributed by atoms with Crippen LogP contribution in [-0.4, -0.2) is 11.2 Å². The van der Waals surface area contributed by atoms with E-state index < -0.39 is 0 Å². The topological polar surface area (TPSA) is 20.2 Å². The Morgan fingerprint density at radius 2 is 1.82 bits per heavy atom. The monoisotopic (exact) mass is 232 g/mol. The quantitative estimate of drug-likeness (QED) is 0.815. The van der Waals surface area contributed by atoms with Crippen LogP contribution in [0.1, 0.15) is 51.0 Å². The first-order chi connectivity index (χ1) is 8.21. The molecule has 0 radical (unpaired) electrons. The molecule has 0 spiro atoms. The molecular weight excluding hydrogens is 208 g/mol. The zero-order valence-electron chi connectivity index (χ0n) is 10.9. The number of rotatable bonds is 5. The fourth-order valence-electron chi connectivity index (χ4n) is 3.01. The molecule has 0 saturated heterocycles. The average Bonchev–Trinajstić information content (AvgIpc) is 2.79. The van der Waals surface area contributed by atoms with Gasteiger partial charge in [-0.05, 0) is 43.1 Å². The van der Waals surface area contributed by atoms with Crippen molar-refractivity contribution >= 4 is 0 Å². The average molecular weight is 232 g/mol. The molecule has 0 aliphatic heterocycles. The molecule has 0 bridgehead atoms. The van der Waals surface area contributed by atoms with Gasteiger partial charge < -0.3 is 5.11 Å². The Hall–Kier alpha value is -0.820. The van der Waals surface area contributed by atoms with Crippen LogP contribution in [0.25, 0.3) is 0 Å². The maximum atomic E-state index is 10.3. The molecule has 1 atom stereocenters. The van der Waals surface area contributed by atoms with Crippen molar-refractivity contribution in [3.05, 3.63) is 35.9 Å². The molecule has 1 aromatic rings. The van der Waals surface area contributed by atoms with Gasteiger partial charge in [0, 0.05) is 0 Å². The summed E-state index contributed by atoms with van der Waals surface area (Å²) in [7, 11) is 0. The lowest BCUT2D eigenvalue weighted by Crippen LogP contribution is -2.29. The van der Waals surface area contributed by atoms with Gasteiger partial charge in [0.2, 0.25) is 0 Å². The van der Waals surface area contributed by atoms with Crippen LogP contribution in [0.2, 0.25) is 0 Å². The van der Waals surface area contributed by atoms with Gasteiger partial charge in [-0.1, -0.05) is 50.1 Å². The Morgan fingerprint density at radius 3 is 2.47 bits per heavy atom. The number of hydrogen-bond acceptors (Lipinski definition) is 1. The summed E-state index contributed by atoms with van der Waals surface area (Å²) in [6.07, 6.45) is 8.05. The molecule has 1 N–H and O–H groups in total. The SMILES string of the molecule is CC1(C(O)CCCc2ccccc2)CCCC1. The third kappa shape index (κ3) is 3.32. The molecule has 94 valence electrons. The summed E-state index contributed by atoms with van der Waals surface area (Å²) in [6.45, 7) is 2.26. The fraction of sp³-hybridized carbons (Fsp3) is 0.625. The van der Waals surface area contributed by atoms with Crippen LogP contribution >= 0.6 is 0 Å². The summed E-state index contributed by atoms with van der Waals surface area (Å²) in [5.74, 6) is 0. The summed E-state index contributed by atoms with van der Waals surface area (Å²) in [5.41, 5.74) is 1.59. The maximum Gasteiger partial charge on any atom is 0.0593 e. The molecule has 1 fully saturated rings. The van der Waals surface area contributed by atoms with Crippen molar-refractivity contribution in [2.75, 3.05) is 0 Å². The molecule has 17 heavy (non-hydrogen) atoms. The smallest absolute Gasteiger partial charge is 0.0593 e. The van der Waals surface area contributed by atoms with Gasteiger partial charge in [-0.25, -0.2) is 0 Å². The molecule has 1 aliphatic carbocycles. The first-order valence-corrected chi connectivity index (χ1v) is 6.93. The minimum Gasteiger partial charge on any atom is -0.393 e. The highest BCUT2D eigenvalue weighted by molar-refractivity contribution is 5.14. The van der Waals surface area contributed by atoms with E-state index in [9.17, 15) is 5.11 Å². The second-order valence-electron chi connectivity index (χ2n) is 5.75. The molecule has 0 heterocycles.